The number of likely N-dealkylation sites (tertiary alicyclic amines) is 1. The minimum absolute atomic E-state index is 0.148. The highest BCUT2D eigenvalue weighted by molar-refractivity contribution is 7.15. The predicted octanol–water partition coefficient (Wildman–Crippen LogP) is 2.21. The van der Waals surface area contributed by atoms with E-state index >= 15 is 0 Å². The van der Waals surface area contributed by atoms with Crippen LogP contribution < -0.4 is 5.32 Å². The number of thiazole rings is 1. The average molecular weight is 345 g/mol. The number of hydrogen-bond acceptors (Lipinski definition) is 6. The number of anilines is 1. The molecule has 3 rings (SSSR count). The van der Waals surface area contributed by atoms with Gasteiger partial charge in [-0.2, -0.15) is 5.26 Å². The molecule has 3 heterocycles. The Labute approximate surface area is 146 Å². The van der Waals surface area contributed by atoms with Crippen LogP contribution in [0.25, 0.3) is 0 Å². The minimum Gasteiger partial charge on any atom is -0.338 e. The number of amides is 1. The number of hydrogen-bond donors (Lipinski definition) is 1. The highest BCUT2D eigenvalue weighted by Crippen LogP contribution is 2.28. The number of piperidine rings is 1. The molecule has 128 valence electrons. The molecule has 0 saturated carbocycles. The zero-order chi connectivity index (χ0) is 17.1. The molecule has 0 spiro atoms. The lowest BCUT2D eigenvalue weighted by molar-refractivity contribution is -0.128. The predicted molar refractivity (Wildman–Crippen MR) is 94.4 cm³/mol. The summed E-state index contributed by atoms with van der Waals surface area (Å²) in [7, 11) is 2.10. The first-order valence-corrected chi connectivity index (χ1v) is 9.21. The van der Waals surface area contributed by atoms with Crippen LogP contribution in [0.2, 0.25) is 0 Å². The fraction of sp³-hybridized carbons (Fsp3) is 0.588. The van der Waals surface area contributed by atoms with Gasteiger partial charge in [-0.05, 0) is 25.8 Å². The first-order valence-electron chi connectivity index (χ1n) is 8.40. The van der Waals surface area contributed by atoms with Crippen molar-refractivity contribution in [2.45, 2.75) is 32.7 Å². The van der Waals surface area contributed by atoms with Crippen molar-refractivity contribution in [3.05, 3.63) is 22.3 Å². The summed E-state index contributed by atoms with van der Waals surface area (Å²) in [6, 6.07) is 2.03. The van der Waals surface area contributed by atoms with Crippen molar-refractivity contribution < 1.29 is 4.79 Å². The second-order valence-electron chi connectivity index (χ2n) is 6.67. The number of carbonyl (C=O) groups excluding carboxylic acids is 1. The van der Waals surface area contributed by atoms with Crippen LogP contribution in [0.1, 0.15) is 30.3 Å². The summed E-state index contributed by atoms with van der Waals surface area (Å²) in [6.45, 7) is 5.59. The summed E-state index contributed by atoms with van der Waals surface area (Å²) in [5.74, 6) is 0.472. The van der Waals surface area contributed by atoms with Crippen LogP contribution in [-0.4, -0.2) is 47.4 Å². The van der Waals surface area contributed by atoms with Crippen molar-refractivity contribution in [3.8, 4) is 6.07 Å². The van der Waals surface area contributed by atoms with Gasteiger partial charge < -0.3 is 15.1 Å². The summed E-state index contributed by atoms with van der Waals surface area (Å²) in [6.07, 6.45) is 4.47. The number of likely N-dealkylation sites (N-methyl/N-ethyl adjacent to an activating group) is 1. The molecule has 2 aliphatic rings. The van der Waals surface area contributed by atoms with Gasteiger partial charge in [0.15, 0.2) is 5.13 Å². The van der Waals surface area contributed by atoms with Gasteiger partial charge in [-0.25, -0.2) is 4.98 Å². The third kappa shape index (κ3) is 3.77. The average Bonchev–Trinajstić information content (AvgIpc) is 2.97. The highest BCUT2D eigenvalue weighted by atomic mass is 32.1. The summed E-state index contributed by atoms with van der Waals surface area (Å²) >= 11 is 1.60. The molecular formula is C17H23N5OS. The van der Waals surface area contributed by atoms with Crippen molar-refractivity contribution in [1.82, 2.24) is 14.8 Å². The largest absolute Gasteiger partial charge is 0.338 e. The van der Waals surface area contributed by atoms with E-state index in [1.807, 2.05) is 6.07 Å². The van der Waals surface area contributed by atoms with E-state index in [0.29, 0.717) is 5.92 Å². The number of fused-ring (bicyclic) bond motifs is 1. The van der Waals surface area contributed by atoms with Crippen molar-refractivity contribution in [3.63, 3.8) is 0 Å². The van der Waals surface area contributed by atoms with Crippen LogP contribution in [0.5, 0.6) is 0 Å². The summed E-state index contributed by atoms with van der Waals surface area (Å²) in [5.41, 5.74) is 1.28. The van der Waals surface area contributed by atoms with Gasteiger partial charge in [0.25, 0.3) is 5.91 Å². The molecule has 1 saturated heterocycles. The topological polar surface area (TPSA) is 72.3 Å². The highest BCUT2D eigenvalue weighted by Gasteiger charge is 2.23. The Hall–Kier alpha value is -1.91. The molecule has 6 nitrogen and oxygen atoms in total. The molecule has 0 unspecified atom stereocenters. The van der Waals surface area contributed by atoms with Crippen LogP contribution >= 0.6 is 11.3 Å². The van der Waals surface area contributed by atoms with Crippen LogP contribution in [0, 0.1) is 17.2 Å². The Kier molecular flexibility index (Phi) is 5.17. The molecule has 0 atom stereocenters. The molecule has 0 aromatic carbocycles. The van der Waals surface area contributed by atoms with Gasteiger partial charge in [0.05, 0.1) is 5.69 Å². The molecule has 2 aliphatic heterocycles. The van der Waals surface area contributed by atoms with Crippen LogP contribution in [-0.2, 0) is 17.8 Å². The smallest absolute Gasteiger partial charge is 0.266 e. The lowest BCUT2D eigenvalue weighted by atomic mass is 9.99. The molecule has 7 heteroatoms. The quantitative estimate of drug-likeness (QED) is 0.672. The minimum atomic E-state index is -0.182. The van der Waals surface area contributed by atoms with E-state index < -0.39 is 0 Å². The second-order valence-corrected chi connectivity index (χ2v) is 7.75. The Morgan fingerprint density at radius 1 is 1.42 bits per heavy atom. The molecule has 24 heavy (non-hydrogen) atoms. The SMILES string of the molecule is CC1CCN(C(=O)/C(C#N)=C\Nc2nc3c(s2)CN(C)CC3)CC1. The first-order chi connectivity index (χ1) is 11.6. The van der Waals surface area contributed by atoms with E-state index in [-0.39, 0.29) is 11.5 Å². The molecule has 0 aliphatic carbocycles. The zero-order valence-electron chi connectivity index (χ0n) is 14.2. The molecule has 1 aromatic rings. The number of nitrogens with one attached hydrogen (secondary N) is 1. The maximum Gasteiger partial charge on any atom is 0.266 e. The fourth-order valence-electron chi connectivity index (χ4n) is 3.04. The molecule has 1 aromatic heterocycles. The Bertz CT molecular complexity index is 682. The monoisotopic (exact) mass is 345 g/mol. The van der Waals surface area contributed by atoms with Gasteiger partial charge in [0.2, 0.25) is 0 Å². The van der Waals surface area contributed by atoms with E-state index in [1.54, 1.807) is 16.2 Å². The maximum absolute atomic E-state index is 12.5. The summed E-state index contributed by atoms with van der Waals surface area (Å²) < 4.78 is 0. The summed E-state index contributed by atoms with van der Waals surface area (Å²) in [5, 5.41) is 13.1. The second kappa shape index (κ2) is 7.32. The molecule has 1 fully saturated rings. The zero-order valence-corrected chi connectivity index (χ0v) is 15.0. The molecular weight excluding hydrogens is 322 g/mol. The Morgan fingerprint density at radius 2 is 2.17 bits per heavy atom. The van der Waals surface area contributed by atoms with Gasteiger partial charge >= 0.3 is 0 Å². The first kappa shape index (κ1) is 16.9. The van der Waals surface area contributed by atoms with Gasteiger partial charge in [-0.15, -0.1) is 11.3 Å². The maximum atomic E-state index is 12.5. The third-order valence-electron chi connectivity index (χ3n) is 4.68. The van der Waals surface area contributed by atoms with Crippen molar-refractivity contribution in [1.29, 1.82) is 5.26 Å². The lowest BCUT2D eigenvalue weighted by Gasteiger charge is -2.30. The standard InChI is InChI=1S/C17H23N5OS/c1-12-3-7-22(8-4-12)16(23)13(9-18)10-19-17-20-14-5-6-21(2)11-15(14)24-17/h10,12H,3-8,11H2,1-2H3,(H,19,20)/b13-10-. The van der Waals surface area contributed by atoms with Gasteiger partial charge in [-0.3, -0.25) is 4.79 Å². The number of rotatable bonds is 3. The van der Waals surface area contributed by atoms with Gasteiger partial charge in [-0.1, -0.05) is 6.92 Å². The number of nitrogens with zero attached hydrogens (tertiary/aromatic N) is 4. The molecule has 0 radical (unpaired) electrons. The Balaban J connectivity index is 1.66. The van der Waals surface area contributed by atoms with Crippen LogP contribution in [0.15, 0.2) is 11.8 Å². The number of nitriles is 1. The van der Waals surface area contributed by atoms with E-state index in [9.17, 15) is 10.1 Å². The number of aromatic nitrogens is 1. The third-order valence-corrected chi connectivity index (χ3v) is 5.70. The molecule has 1 N–H and O–H groups in total. The fourth-order valence-corrected chi connectivity index (χ4v) is 4.10. The number of carbonyl (C=O) groups is 1. The van der Waals surface area contributed by atoms with E-state index in [4.69, 9.17) is 0 Å². The summed E-state index contributed by atoms with van der Waals surface area (Å²) in [4.78, 5) is 22.3. The van der Waals surface area contributed by atoms with E-state index in [2.05, 4.69) is 29.2 Å². The molecule has 1 amide bonds. The van der Waals surface area contributed by atoms with E-state index in [1.165, 1.54) is 11.1 Å². The van der Waals surface area contributed by atoms with E-state index in [0.717, 1.165) is 56.3 Å². The van der Waals surface area contributed by atoms with Crippen molar-refractivity contribution >= 4 is 22.4 Å². The van der Waals surface area contributed by atoms with Gasteiger partial charge in [0, 0.05) is 43.7 Å². The van der Waals surface area contributed by atoms with Crippen LogP contribution in [0.4, 0.5) is 5.13 Å². The van der Waals surface area contributed by atoms with Crippen LogP contribution in [0.3, 0.4) is 0 Å². The molecule has 0 bridgehead atoms. The van der Waals surface area contributed by atoms with Crippen molar-refractivity contribution in [2.75, 3.05) is 32.0 Å². The van der Waals surface area contributed by atoms with Crippen molar-refractivity contribution in [2.24, 2.45) is 5.92 Å². The normalized spacial score (nSPS) is 19.7. The Morgan fingerprint density at radius 3 is 2.88 bits per heavy atom. The van der Waals surface area contributed by atoms with Gasteiger partial charge in [0.1, 0.15) is 11.6 Å². The lowest BCUT2D eigenvalue weighted by Crippen LogP contribution is -2.38.